The van der Waals surface area contributed by atoms with Gasteiger partial charge < -0.3 is 19.9 Å². The first-order valence-corrected chi connectivity index (χ1v) is 13.8. The number of fused-ring (bicyclic) bond motifs is 1. The van der Waals surface area contributed by atoms with Gasteiger partial charge in [0.2, 0.25) is 5.95 Å². The molecule has 0 bridgehead atoms. The number of allylic oxidation sites excluding steroid dienone is 3. The van der Waals surface area contributed by atoms with E-state index in [2.05, 4.69) is 25.6 Å². The third-order valence-corrected chi connectivity index (χ3v) is 7.71. The van der Waals surface area contributed by atoms with E-state index in [9.17, 15) is 13.2 Å². The molecule has 2 fully saturated rings. The minimum absolute atomic E-state index is 0.0125. The smallest absolute Gasteiger partial charge is 0.379 e. The fourth-order valence-electron chi connectivity index (χ4n) is 5.48. The highest BCUT2D eigenvalue weighted by molar-refractivity contribution is 5.81. The Morgan fingerprint density at radius 3 is 2.69 bits per heavy atom. The number of morpholine rings is 1. The number of anilines is 2. The van der Waals surface area contributed by atoms with Gasteiger partial charge >= 0.3 is 6.18 Å². The van der Waals surface area contributed by atoms with E-state index in [0.717, 1.165) is 0 Å². The molecule has 2 atom stereocenters. The molecule has 0 radical (unpaired) electrons. The molecule has 14 heteroatoms. The number of alkyl halides is 4. The summed E-state index contributed by atoms with van der Waals surface area (Å²) in [5.74, 6) is -0.309. The number of hydrogen-bond acceptors (Lipinski definition) is 8. The number of pyridine rings is 1. The Kier molecular flexibility index (Phi) is 8.21. The van der Waals surface area contributed by atoms with Crippen LogP contribution < -0.4 is 10.6 Å². The Labute approximate surface area is 239 Å². The maximum atomic E-state index is 15.2. The minimum atomic E-state index is -4.31. The highest BCUT2D eigenvalue weighted by Crippen LogP contribution is 2.33. The van der Waals surface area contributed by atoms with Gasteiger partial charge in [0.05, 0.1) is 18.9 Å². The molecular formula is C28H31F5N8O. The fourth-order valence-corrected chi connectivity index (χ4v) is 5.48. The van der Waals surface area contributed by atoms with Gasteiger partial charge in [0.15, 0.2) is 0 Å². The summed E-state index contributed by atoms with van der Waals surface area (Å²) in [4.78, 5) is 17.0. The van der Waals surface area contributed by atoms with Crippen LogP contribution in [0.25, 0.3) is 16.7 Å². The number of nitrogens with zero attached hydrogens (tertiary/aromatic N) is 6. The van der Waals surface area contributed by atoms with Gasteiger partial charge in [0.1, 0.15) is 23.7 Å². The molecule has 2 unspecified atom stereocenters. The highest BCUT2D eigenvalue weighted by Gasteiger charge is 2.41. The number of piperazine rings is 1. The van der Waals surface area contributed by atoms with E-state index in [1.54, 1.807) is 46.3 Å². The summed E-state index contributed by atoms with van der Waals surface area (Å²) < 4.78 is 76.8. The van der Waals surface area contributed by atoms with Crippen LogP contribution in [-0.4, -0.2) is 100 Å². The summed E-state index contributed by atoms with van der Waals surface area (Å²) in [6.07, 6.45) is 0.521. The van der Waals surface area contributed by atoms with E-state index >= 15 is 8.78 Å². The van der Waals surface area contributed by atoms with Crippen LogP contribution in [0.4, 0.5) is 33.6 Å². The van der Waals surface area contributed by atoms with Gasteiger partial charge in [-0.3, -0.25) is 14.8 Å². The van der Waals surface area contributed by atoms with Gasteiger partial charge in [-0.25, -0.2) is 13.8 Å². The Hall–Kier alpha value is -3.46. The average Bonchev–Trinajstić information content (AvgIpc) is 3.39. The molecule has 0 saturated carbocycles. The zero-order chi connectivity index (χ0) is 29.3. The molecule has 3 aliphatic rings. The van der Waals surface area contributed by atoms with E-state index in [-0.39, 0.29) is 44.1 Å². The molecule has 0 aromatic carbocycles. The molecule has 224 valence electrons. The van der Waals surface area contributed by atoms with Gasteiger partial charge in [0, 0.05) is 93.2 Å². The lowest BCUT2D eigenvalue weighted by Gasteiger charge is -2.34. The molecule has 2 N–H and O–H groups in total. The summed E-state index contributed by atoms with van der Waals surface area (Å²) in [5.41, 5.74) is 2.30. The zero-order valence-electron chi connectivity index (χ0n) is 22.7. The molecule has 2 saturated heterocycles. The van der Waals surface area contributed by atoms with Crippen LogP contribution in [-0.2, 0) is 11.3 Å². The molecule has 3 aromatic heterocycles. The molecule has 42 heavy (non-hydrogen) atoms. The average molecular weight is 591 g/mol. The lowest BCUT2D eigenvalue weighted by molar-refractivity contribution is -0.165. The third-order valence-electron chi connectivity index (χ3n) is 7.71. The number of ether oxygens (including phenoxy) is 1. The number of aromatic nitrogens is 4. The summed E-state index contributed by atoms with van der Waals surface area (Å²) in [6, 6.07) is 3.66. The monoisotopic (exact) mass is 590 g/mol. The number of halogens is 5. The Bertz CT molecular complexity index is 1480. The molecule has 2 aliphatic heterocycles. The summed E-state index contributed by atoms with van der Waals surface area (Å²) in [6.45, 7) is 3.44. The topological polar surface area (TPSA) is 83.4 Å². The maximum Gasteiger partial charge on any atom is 0.405 e. The van der Waals surface area contributed by atoms with Gasteiger partial charge in [-0.05, 0) is 24.3 Å². The minimum Gasteiger partial charge on any atom is -0.379 e. The van der Waals surface area contributed by atoms with E-state index in [4.69, 9.17) is 4.74 Å². The lowest BCUT2D eigenvalue weighted by Crippen LogP contribution is -2.56. The Morgan fingerprint density at radius 2 is 1.90 bits per heavy atom. The van der Waals surface area contributed by atoms with Crippen LogP contribution in [0.5, 0.6) is 0 Å². The quantitative estimate of drug-likeness (QED) is 0.399. The Morgan fingerprint density at radius 1 is 1.07 bits per heavy atom. The van der Waals surface area contributed by atoms with E-state index in [1.165, 1.54) is 6.08 Å². The van der Waals surface area contributed by atoms with Crippen LogP contribution in [0.1, 0.15) is 12.1 Å². The lowest BCUT2D eigenvalue weighted by atomic mass is 9.98. The van der Waals surface area contributed by atoms with Crippen molar-refractivity contribution in [2.24, 2.45) is 0 Å². The van der Waals surface area contributed by atoms with Crippen molar-refractivity contribution in [1.82, 2.24) is 34.6 Å². The number of nitrogens with one attached hydrogen (secondary N) is 2. The van der Waals surface area contributed by atoms with Gasteiger partial charge in [0.25, 0.3) is 0 Å². The van der Waals surface area contributed by atoms with Crippen molar-refractivity contribution < 1.29 is 26.7 Å². The predicted octanol–water partition coefficient (Wildman–Crippen LogP) is 4.04. The fraction of sp³-hybridized carbons (Fsp3) is 0.464. The second-order valence-electron chi connectivity index (χ2n) is 10.7. The first-order valence-electron chi connectivity index (χ1n) is 13.8. The van der Waals surface area contributed by atoms with Crippen LogP contribution in [0.3, 0.4) is 0 Å². The second kappa shape index (κ2) is 12.0. The second-order valence-corrected chi connectivity index (χ2v) is 10.7. The molecule has 0 amide bonds. The first kappa shape index (κ1) is 28.6. The van der Waals surface area contributed by atoms with Crippen LogP contribution in [0.2, 0.25) is 0 Å². The van der Waals surface area contributed by atoms with Crippen molar-refractivity contribution in [3.05, 3.63) is 60.0 Å². The largest absolute Gasteiger partial charge is 0.405 e. The standard InChI is InChI=1S/C28H31F5N8O/c29-23-12-21(13-24(30)22(23)16-39-7-9-42-10-8-39)41-5-2-18-14-36-27(38-26(18)41)37-19-1-3-34-20(11-19)15-40-6-4-35-25(17-40)28(31,32)33/h1-3,5,11-12,14,24-25,35H,4,6-10,13,15-17H2,(H,34,36,37,38). The molecule has 0 spiro atoms. The third kappa shape index (κ3) is 6.46. The van der Waals surface area contributed by atoms with Crippen LogP contribution in [0.15, 0.2) is 54.3 Å². The number of rotatable bonds is 7. The van der Waals surface area contributed by atoms with Gasteiger partial charge in [-0.2, -0.15) is 18.2 Å². The first-order chi connectivity index (χ1) is 20.2. The van der Waals surface area contributed by atoms with E-state index < -0.39 is 24.2 Å². The molecule has 3 aromatic rings. The normalized spacial score (nSPS) is 22.9. The van der Waals surface area contributed by atoms with Crippen LogP contribution in [0, 0.1) is 0 Å². The van der Waals surface area contributed by atoms with Crippen molar-refractivity contribution in [2.45, 2.75) is 31.4 Å². The number of hydrogen-bond donors (Lipinski definition) is 2. The Balaban J connectivity index is 1.17. The molecule has 9 nitrogen and oxygen atoms in total. The highest BCUT2D eigenvalue weighted by atomic mass is 19.4. The van der Waals surface area contributed by atoms with Crippen molar-refractivity contribution >= 4 is 28.4 Å². The zero-order valence-corrected chi connectivity index (χ0v) is 22.7. The SMILES string of the molecule is FC1=C(CN2CCOCC2)C(F)CC(n2ccc3cnc(Nc4ccnc(CN5CCNC(C(F)(F)F)C5)c4)nc32)=C1. The van der Waals surface area contributed by atoms with Crippen molar-refractivity contribution in [3.8, 4) is 0 Å². The van der Waals surface area contributed by atoms with Crippen molar-refractivity contribution in [2.75, 3.05) is 57.8 Å². The molecule has 6 rings (SSSR count). The van der Waals surface area contributed by atoms with Crippen molar-refractivity contribution in [3.63, 3.8) is 0 Å². The summed E-state index contributed by atoms with van der Waals surface area (Å²) in [7, 11) is 0. The van der Waals surface area contributed by atoms with Gasteiger partial charge in [-0.1, -0.05) is 0 Å². The maximum absolute atomic E-state index is 15.2. The van der Waals surface area contributed by atoms with E-state index in [0.29, 0.717) is 61.0 Å². The molecular weight excluding hydrogens is 559 g/mol. The van der Waals surface area contributed by atoms with E-state index in [1.807, 2.05) is 4.90 Å². The van der Waals surface area contributed by atoms with Crippen LogP contribution >= 0.6 is 0 Å². The summed E-state index contributed by atoms with van der Waals surface area (Å²) >= 11 is 0. The molecule has 5 heterocycles. The predicted molar refractivity (Wildman–Crippen MR) is 147 cm³/mol. The van der Waals surface area contributed by atoms with Crippen molar-refractivity contribution in [1.29, 1.82) is 0 Å². The van der Waals surface area contributed by atoms with Gasteiger partial charge in [-0.15, -0.1) is 0 Å². The summed E-state index contributed by atoms with van der Waals surface area (Å²) in [5, 5.41) is 6.33. The molecule has 1 aliphatic carbocycles.